The Morgan fingerprint density at radius 1 is 1.00 bits per heavy atom. The molecule has 0 heterocycles. The molecule has 0 saturated carbocycles. The van der Waals surface area contributed by atoms with Crippen molar-refractivity contribution in [2.24, 2.45) is 0 Å². The van der Waals surface area contributed by atoms with E-state index in [-0.39, 0.29) is 6.61 Å². The first kappa shape index (κ1) is 15.2. The van der Waals surface area contributed by atoms with Crippen LogP contribution in [-0.2, 0) is 14.0 Å². The molecule has 0 aliphatic rings. The maximum atomic E-state index is 10.1. The van der Waals surface area contributed by atoms with Gasteiger partial charge in [-0.3, -0.25) is 4.55 Å². The van der Waals surface area contributed by atoms with Gasteiger partial charge in [-0.1, -0.05) is 25.7 Å². The Labute approximate surface area is 95.4 Å². The van der Waals surface area contributed by atoms with E-state index in [1.54, 1.807) is 0 Å². The second kappa shape index (κ2) is 9.41. The highest BCUT2D eigenvalue weighted by molar-refractivity contribution is 8.02. The molecule has 0 amide bonds. The molecule has 0 rings (SSSR count). The van der Waals surface area contributed by atoms with Crippen LogP contribution in [0.4, 0.5) is 0 Å². The van der Waals surface area contributed by atoms with Gasteiger partial charge in [-0.05, 0) is 12.8 Å². The molecule has 0 aliphatic heterocycles. The van der Waals surface area contributed by atoms with Gasteiger partial charge in [0.1, 0.15) is 0 Å². The van der Waals surface area contributed by atoms with Crippen LogP contribution in [-0.4, -0.2) is 30.4 Å². The van der Waals surface area contributed by atoms with Gasteiger partial charge in [0.25, 0.3) is 0 Å². The lowest BCUT2D eigenvalue weighted by Crippen LogP contribution is -1.97. The SMILES string of the molecule is O=S(=O)(O)OSCCCCCCCCO. The zero-order chi connectivity index (χ0) is 11.6. The maximum absolute atomic E-state index is 10.1. The Morgan fingerprint density at radius 3 is 2.07 bits per heavy atom. The van der Waals surface area contributed by atoms with Crippen LogP contribution in [0.25, 0.3) is 0 Å². The minimum Gasteiger partial charge on any atom is -0.396 e. The Kier molecular flexibility index (Phi) is 9.52. The van der Waals surface area contributed by atoms with Crippen LogP contribution in [0.3, 0.4) is 0 Å². The summed E-state index contributed by atoms with van der Waals surface area (Å²) >= 11 is 0.751. The molecule has 0 aliphatic carbocycles. The molecule has 7 heteroatoms. The molecule has 92 valence electrons. The summed E-state index contributed by atoms with van der Waals surface area (Å²) in [5.74, 6) is 0.555. The third-order valence-corrected chi connectivity index (χ3v) is 3.30. The smallest absolute Gasteiger partial charge is 0.396 e. The van der Waals surface area contributed by atoms with Crippen LogP contribution in [0, 0.1) is 0 Å². The number of unbranched alkanes of at least 4 members (excludes halogenated alkanes) is 5. The zero-order valence-corrected chi connectivity index (χ0v) is 10.2. The lowest BCUT2D eigenvalue weighted by Gasteiger charge is -2.00. The van der Waals surface area contributed by atoms with E-state index < -0.39 is 10.4 Å². The van der Waals surface area contributed by atoms with Gasteiger partial charge in [-0.2, -0.15) is 12.0 Å². The number of hydrogen-bond donors (Lipinski definition) is 2. The van der Waals surface area contributed by atoms with Crippen LogP contribution in [0.5, 0.6) is 0 Å². The van der Waals surface area contributed by atoms with E-state index in [4.69, 9.17) is 9.66 Å². The van der Waals surface area contributed by atoms with Crippen molar-refractivity contribution in [1.29, 1.82) is 0 Å². The maximum Gasteiger partial charge on any atom is 0.408 e. The Hall–Kier alpha value is 0.180. The first-order valence-corrected chi connectivity index (χ1v) is 7.23. The van der Waals surface area contributed by atoms with Crippen LogP contribution < -0.4 is 0 Å². The molecule has 0 radical (unpaired) electrons. The van der Waals surface area contributed by atoms with Crippen molar-refractivity contribution in [3.63, 3.8) is 0 Å². The average Bonchev–Trinajstić information content (AvgIpc) is 2.14. The van der Waals surface area contributed by atoms with E-state index >= 15 is 0 Å². The summed E-state index contributed by atoms with van der Waals surface area (Å²) < 4.78 is 32.6. The predicted octanol–water partition coefficient (Wildman–Crippen LogP) is 1.79. The first-order chi connectivity index (χ1) is 7.06. The molecule has 0 bridgehead atoms. The highest BCUT2D eigenvalue weighted by Crippen LogP contribution is 2.12. The Balaban J connectivity index is 3.06. The summed E-state index contributed by atoms with van der Waals surface area (Å²) in [5.41, 5.74) is 0. The Morgan fingerprint density at radius 2 is 1.53 bits per heavy atom. The molecule has 0 saturated heterocycles. The lowest BCUT2D eigenvalue weighted by atomic mass is 10.1. The third kappa shape index (κ3) is 14.2. The van der Waals surface area contributed by atoms with Gasteiger partial charge >= 0.3 is 10.4 Å². The minimum absolute atomic E-state index is 0.248. The second-order valence-electron chi connectivity index (χ2n) is 3.16. The average molecular weight is 258 g/mol. The standard InChI is InChI=1S/C8H18O5S2/c9-7-5-3-1-2-4-6-8-14-13-15(10,11)12/h9H,1-8H2,(H,10,11,12). The van der Waals surface area contributed by atoms with Gasteiger partial charge < -0.3 is 5.11 Å². The molecule has 0 aromatic rings. The Bertz CT molecular complexity index is 227. The lowest BCUT2D eigenvalue weighted by molar-refractivity contribution is 0.282. The second-order valence-corrected chi connectivity index (χ2v) is 5.21. The fraction of sp³-hybridized carbons (Fsp3) is 1.00. The number of hydrogen-bond acceptors (Lipinski definition) is 5. The summed E-state index contributed by atoms with van der Waals surface area (Å²) in [6.45, 7) is 0.248. The monoisotopic (exact) mass is 258 g/mol. The molecule has 0 unspecified atom stereocenters. The van der Waals surface area contributed by atoms with Crippen molar-refractivity contribution in [3.05, 3.63) is 0 Å². The van der Waals surface area contributed by atoms with E-state index in [0.717, 1.165) is 50.6 Å². The summed E-state index contributed by atoms with van der Waals surface area (Å²) in [5, 5.41) is 8.51. The predicted molar refractivity (Wildman–Crippen MR) is 59.9 cm³/mol. The van der Waals surface area contributed by atoms with E-state index in [1.807, 2.05) is 0 Å². The van der Waals surface area contributed by atoms with Gasteiger partial charge in [0, 0.05) is 24.4 Å². The molecule has 0 aromatic heterocycles. The quantitative estimate of drug-likeness (QED) is 0.353. The van der Waals surface area contributed by atoms with Crippen LogP contribution >= 0.6 is 12.0 Å². The van der Waals surface area contributed by atoms with Gasteiger partial charge in [-0.15, -0.1) is 0 Å². The van der Waals surface area contributed by atoms with Crippen molar-refractivity contribution in [1.82, 2.24) is 0 Å². The van der Waals surface area contributed by atoms with E-state index in [1.165, 1.54) is 0 Å². The third-order valence-electron chi connectivity index (χ3n) is 1.77. The van der Waals surface area contributed by atoms with Crippen molar-refractivity contribution in [3.8, 4) is 0 Å². The molecule has 0 fully saturated rings. The van der Waals surface area contributed by atoms with E-state index in [2.05, 4.69) is 3.63 Å². The normalized spacial score (nSPS) is 11.9. The van der Waals surface area contributed by atoms with Gasteiger partial charge in [-0.25, -0.2) is 0 Å². The first-order valence-electron chi connectivity index (χ1n) is 4.95. The van der Waals surface area contributed by atoms with Crippen molar-refractivity contribution in [2.75, 3.05) is 12.4 Å². The summed E-state index contributed by atoms with van der Waals surface area (Å²) in [4.78, 5) is 0. The van der Waals surface area contributed by atoms with Crippen LogP contribution in [0.1, 0.15) is 38.5 Å². The molecule has 2 N–H and O–H groups in total. The molecule has 0 aromatic carbocycles. The number of rotatable bonds is 10. The van der Waals surface area contributed by atoms with Crippen molar-refractivity contribution in [2.45, 2.75) is 38.5 Å². The topological polar surface area (TPSA) is 83.8 Å². The van der Waals surface area contributed by atoms with Crippen molar-refractivity contribution < 1.29 is 21.7 Å². The number of aliphatic hydroxyl groups excluding tert-OH is 1. The largest absolute Gasteiger partial charge is 0.408 e. The molecule has 5 nitrogen and oxygen atoms in total. The number of aliphatic hydroxyl groups is 1. The summed E-state index contributed by atoms with van der Waals surface area (Å²) in [7, 11) is -4.29. The summed E-state index contributed by atoms with van der Waals surface area (Å²) in [6, 6.07) is 0. The molecular weight excluding hydrogens is 240 g/mol. The molecule has 0 spiro atoms. The zero-order valence-electron chi connectivity index (χ0n) is 8.59. The van der Waals surface area contributed by atoms with Crippen LogP contribution in [0.15, 0.2) is 0 Å². The molecular formula is C8H18O5S2. The van der Waals surface area contributed by atoms with Gasteiger partial charge in [0.2, 0.25) is 0 Å². The van der Waals surface area contributed by atoms with Crippen molar-refractivity contribution >= 4 is 22.4 Å². The molecule has 0 atom stereocenters. The van der Waals surface area contributed by atoms with Crippen LogP contribution in [0.2, 0.25) is 0 Å². The van der Waals surface area contributed by atoms with Gasteiger partial charge in [0.15, 0.2) is 0 Å². The minimum atomic E-state index is -4.29. The fourth-order valence-corrected chi connectivity index (χ4v) is 2.16. The highest BCUT2D eigenvalue weighted by Gasteiger charge is 2.03. The molecule has 15 heavy (non-hydrogen) atoms. The van der Waals surface area contributed by atoms with Gasteiger partial charge in [0.05, 0.1) is 0 Å². The van der Waals surface area contributed by atoms with E-state index in [0.29, 0.717) is 5.75 Å². The highest BCUT2D eigenvalue weighted by atomic mass is 32.3. The summed E-state index contributed by atoms with van der Waals surface area (Å²) in [6.07, 6.45) is 5.91. The fourth-order valence-electron chi connectivity index (χ4n) is 1.07. The van der Waals surface area contributed by atoms with E-state index in [9.17, 15) is 8.42 Å².